The third kappa shape index (κ3) is 4.23. The van der Waals surface area contributed by atoms with Crippen LogP contribution in [0.25, 0.3) is 0 Å². The molecule has 2 aromatic carbocycles. The second kappa shape index (κ2) is 7.47. The van der Waals surface area contributed by atoms with Crippen LogP contribution >= 0.6 is 0 Å². The van der Waals surface area contributed by atoms with Gasteiger partial charge in [0.15, 0.2) is 0 Å². The van der Waals surface area contributed by atoms with Gasteiger partial charge in [0.1, 0.15) is 0 Å². The fourth-order valence-corrected chi connectivity index (χ4v) is 4.25. The van der Waals surface area contributed by atoms with Gasteiger partial charge < -0.3 is 5.11 Å². The highest BCUT2D eigenvalue weighted by Crippen LogP contribution is 2.24. The Bertz CT molecular complexity index is 788. The standard InChI is InChI=1S/C19H23NO3S/c21-18(12-15-6-2-1-3-7-15)14-20-24(22,23)19-11-10-16-8-4-5-9-17(16)13-19/h1-3,6-7,10-11,13,18,20-21H,4-5,8-9,12,14H2. The van der Waals surface area contributed by atoms with Crippen LogP contribution in [0.4, 0.5) is 0 Å². The zero-order valence-electron chi connectivity index (χ0n) is 13.6. The van der Waals surface area contributed by atoms with Crippen LogP contribution in [0.1, 0.15) is 29.5 Å². The van der Waals surface area contributed by atoms with Crippen molar-refractivity contribution in [3.63, 3.8) is 0 Å². The Balaban J connectivity index is 1.63. The van der Waals surface area contributed by atoms with Crippen molar-refractivity contribution in [2.45, 2.75) is 43.1 Å². The average Bonchev–Trinajstić information content (AvgIpc) is 2.60. The molecule has 0 aliphatic heterocycles. The molecule has 1 unspecified atom stereocenters. The highest BCUT2D eigenvalue weighted by Gasteiger charge is 2.18. The lowest BCUT2D eigenvalue weighted by molar-refractivity contribution is 0.179. The van der Waals surface area contributed by atoms with E-state index in [1.54, 1.807) is 12.1 Å². The summed E-state index contributed by atoms with van der Waals surface area (Å²) in [7, 11) is -3.59. The molecule has 0 aromatic heterocycles. The molecule has 0 heterocycles. The van der Waals surface area contributed by atoms with Gasteiger partial charge in [-0.2, -0.15) is 0 Å². The topological polar surface area (TPSA) is 66.4 Å². The molecule has 0 spiro atoms. The van der Waals surface area contributed by atoms with E-state index in [0.29, 0.717) is 6.42 Å². The van der Waals surface area contributed by atoms with Crippen molar-refractivity contribution in [3.8, 4) is 0 Å². The lowest BCUT2D eigenvalue weighted by Gasteiger charge is -2.17. The highest BCUT2D eigenvalue weighted by atomic mass is 32.2. The number of aliphatic hydroxyl groups excluding tert-OH is 1. The number of aliphatic hydroxyl groups is 1. The number of sulfonamides is 1. The van der Waals surface area contributed by atoms with Crippen LogP contribution in [0.15, 0.2) is 53.4 Å². The Morgan fingerprint density at radius 3 is 2.46 bits per heavy atom. The summed E-state index contributed by atoms with van der Waals surface area (Å²) in [5, 5.41) is 10.1. The van der Waals surface area contributed by atoms with Crippen LogP contribution in [-0.4, -0.2) is 26.2 Å². The maximum absolute atomic E-state index is 12.5. The third-order valence-electron chi connectivity index (χ3n) is 4.45. The second-order valence-corrected chi connectivity index (χ2v) is 8.10. The normalized spacial score (nSPS) is 15.7. The lowest BCUT2D eigenvalue weighted by atomic mass is 9.92. The zero-order valence-corrected chi connectivity index (χ0v) is 14.4. The van der Waals surface area contributed by atoms with E-state index in [-0.39, 0.29) is 11.4 Å². The summed E-state index contributed by atoms with van der Waals surface area (Å²) < 4.78 is 27.4. The van der Waals surface area contributed by atoms with Crippen LogP contribution in [0, 0.1) is 0 Å². The molecule has 128 valence electrons. The summed E-state index contributed by atoms with van der Waals surface area (Å²) in [5.41, 5.74) is 3.37. The number of benzene rings is 2. The van der Waals surface area contributed by atoms with Gasteiger partial charge in [0, 0.05) is 6.54 Å². The first kappa shape index (κ1) is 17.1. The molecule has 0 bridgehead atoms. The maximum atomic E-state index is 12.5. The molecular weight excluding hydrogens is 322 g/mol. The minimum absolute atomic E-state index is 0.00825. The van der Waals surface area contributed by atoms with E-state index in [1.165, 1.54) is 12.0 Å². The van der Waals surface area contributed by atoms with E-state index in [4.69, 9.17) is 0 Å². The fourth-order valence-electron chi connectivity index (χ4n) is 3.12. The van der Waals surface area contributed by atoms with E-state index >= 15 is 0 Å². The van der Waals surface area contributed by atoms with Crippen molar-refractivity contribution in [1.29, 1.82) is 0 Å². The molecule has 1 aliphatic carbocycles. The minimum Gasteiger partial charge on any atom is -0.391 e. The number of hydrogen-bond donors (Lipinski definition) is 2. The Labute approximate surface area is 143 Å². The van der Waals surface area contributed by atoms with E-state index in [0.717, 1.165) is 30.4 Å². The number of fused-ring (bicyclic) bond motifs is 1. The summed E-state index contributed by atoms with van der Waals surface area (Å²) in [4.78, 5) is 0.287. The number of rotatable bonds is 6. The molecule has 3 rings (SSSR count). The molecule has 2 aromatic rings. The van der Waals surface area contributed by atoms with Crippen LogP contribution in [-0.2, 0) is 29.3 Å². The minimum atomic E-state index is -3.59. The van der Waals surface area contributed by atoms with Crippen LogP contribution in [0.5, 0.6) is 0 Å². The van der Waals surface area contributed by atoms with Crippen molar-refractivity contribution in [2.24, 2.45) is 0 Å². The first-order chi connectivity index (χ1) is 11.5. The maximum Gasteiger partial charge on any atom is 0.240 e. The molecule has 0 radical (unpaired) electrons. The van der Waals surface area contributed by atoms with Gasteiger partial charge in [0.2, 0.25) is 10.0 Å². The molecule has 0 fully saturated rings. The molecule has 1 aliphatic rings. The molecule has 0 saturated carbocycles. The highest BCUT2D eigenvalue weighted by molar-refractivity contribution is 7.89. The first-order valence-corrected chi connectivity index (χ1v) is 9.86. The van der Waals surface area contributed by atoms with Crippen molar-refractivity contribution in [2.75, 3.05) is 6.54 Å². The Kier molecular flexibility index (Phi) is 5.33. The van der Waals surface area contributed by atoms with E-state index in [9.17, 15) is 13.5 Å². The molecule has 5 heteroatoms. The summed E-state index contributed by atoms with van der Waals surface area (Å²) in [6, 6.07) is 14.9. The SMILES string of the molecule is O=S(=O)(NCC(O)Cc1ccccc1)c1ccc2c(c1)CCCC2. The fraction of sp³-hybridized carbons (Fsp3) is 0.368. The van der Waals surface area contributed by atoms with Gasteiger partial charge >= 0.3 is 0 Å². The van der Waals surface area contributed by atoms with E-state index in [1.807, 2.05) is 36.4 Å². The van der Waals surface area contributed by atoms with Gasteiger partial charge in [-0.15, -0.1) is 0 Å². The van der Waals surface area contributed by atoms with Gasteiger partial charge in [0.25, 0.3) is 0 Å². The number of nitrogens with one attached hydrogen (secondary N) is 1. The zero-order chi connectivity index (χ0) is 17.0. The molecule has 24 heavy (non-hydrogen) atoms. The average molecular weight is 345 g/mol. The van der Waals surface area contributed by atoms with Crippen LogP contribution in [0.3, 0.4) is 0 Å². The summed E-state index contributed by atoms with van der Waals surface area (Å²) in [6.45, 7) is 0.00825. The third-order valence-corrected chi connectivity index (χ3v) is 5.87. The van der Waals surface area contributed by atoms with Gasteiger partial charge in [0.05, 0.1) is 11.0 Å². The molecule has 0 amide bonds. The molecular formula is C19H23NO3S. The van der Waals surface area contributed by atoms with E-state index in [2.05, 4.69) is 4.72 Å². The molecule has 0 saturated heterocycles. The van der Waals surface area contributed by atoms with Crippen molar-refractivity contribution in [3.05, 3.63) is 65.2 Å². The molecule has 4 nitrogen and oxygen atoms in total. The van der Waals surface area contributed by atoms with Crippen LogP contribution < -0.4 is 4.72 Å². The second-order valence-electron chi connectivity index (χ2n) is 6.33. The largest absolute Gasteiger partial charge is 0.391 e. The molecule has 1 atom stereocenters. The Morgan fingerprint density at radius 1 is 1.00 bits per heavy atom. The number of aryl methyl sites for hydroxylation is 2. The van der Waals surface area contributed by atoms with Crippen molar-refractivity contribution >= 4 is 10.0 Å². The predicted octanol–water partition coefficient (Wildman–Crippen LogP) is 2.45. The van der Waals surface area contributed by atoms with Crippen LogP contribution in [0.2, 0.25) is 0 Å². The predicted molar refractivity (Wildman–Crippen MR) is 94.4 cm³/mol. The van der Waals surface area contributed by atoms with Gasteiger partial charge in [-0.1, -0.05) is 36.4 Å². The van der Waals surface area contributed by atoms with Crippen molar-refractivity contribution < 1.29 is 13.5 Å². The summed E-state index contributed by atoms with van der Waals surface area (Å²) in [5.74, 6) is 0. The Morgan fingerprint density at radius 2 is 1.71 bits per heavy atom. The number of hydrogen-bond acceptors (Lipinski definition) is 3. The molecule has 2 N–H and O–H groups in total. The lowest BCUT2D eigenvalue weighted by Crippen LogP contribution is -2.33. The quantitative estimate of drug-likeness (QED) is 0.845. The van der Waals surface area contributed by atoms with Crippen molar-refractivity contribution in [1.82, 2.24) is 4.72 Å². The van der Waals surface area contributed by atoms with Gasteiger partial charge in [-0.25, -0.2) is 13.1 Å². The monoisotopic (exact) mass is 345 g/mol. The first-order valence-electron chi connectivity index (χ1n) is 8.38. The smallest absolute Gasteiger partial charge is 0.240 e. The Hall–Kier alpha value is -1.69. The van der Waals surface area contributed by atoms with Gasteiger partial charge in [-0.05, 0) is 60.9 Å². The van der Waals surface area contributed by atoms with E-state index < -0.39 is 16.1 Å². The summed E-state index contributed by atoms with van der Waals surface area (Å²) in [6.07, 6.45) is 3.92. The summed E-state index contributed by atoms with van der Waals surface area (Å²) >= 11 is 0. The van der Waals surface area contributed by atoms with Gasteiger partial charge in [-0.3, -0.25) is 0 Å².